The Morgan fingerprint density at radius 2 is 2.00 bits per heavy atom. The third-order valence-corrected chi connectivity index (χ3v) is 3.11. The third-order valence-electron chi connectivity index (χ3n) is 2.17. The third kappa shape index (κ3) is 10.8. The maximum atomic E-state index is 10.6. The fourth-order valence-electron chi connectivity index (χ4n) is 1.30. The molecule has 0 fully saturated rings. The monoisotopic (exact) mass is 321 g/mol. The molecular formula is C8H21NO8P2. The van der Waals surface area contributed by atoms with E-state index in [2.05, 4.69) is 9.05 Å². The molecule has 0 rings (SSSR count). The zero-order chi connectivity index (χ0) is 14.9. The lowest BCUT2D eigenvalue weighted by atomic mass is 10.3. The Morgan fingerprint density at radius 1 is 1.37 bits per heavy atom. The van der Waals surface area contributed by atoms with Crippen molar-refractivity contribution < 1.29 is 38.1 Å². The van der Waals surface area contributed by atoms with Crippen LogP contribution in [0.5, 0.6) is 0 Å². The second kappa shape index (κ2) is 10.1. The highest BCUT2D eigenvalue weighted by Gasteiger charge is 2.34. The predicted molar refractivity (Wildman–Crippen MR) is 68.3 cm³/mol. The van der Waals surface area contributed by atoms with Gasteiger partial charge in [0.05, 0.1) is 0 Å². The Kier molecular flexibility index (Phi) is 10.3. The topological polar surface area (TPSA) is 129 Å². The van der Waals surface area contributed by atoms with Crippen molar-refractivity contribution in [2.24, 2.45) is 0 Å². The van der Waals surface area contributed by atoms with E-state index in [0.717, 1.165) is 6.42 Å². The van der Waals surface area contributed by atoms with Crippen molar-refractivity contribution in [2.75, 3.05) is 33.9 Å². The van der Waals surface area contributed by atoms with Crippen molar-refractivity contribution in [3.05, 3.63) is 0 Å². The first kappa shape index (κ1) is 19.3. The molecule has 0 aliphatic carbocycles. The highest BCUT2D eigenvalue weighted by atomic mass is 31.2. The summed E-state index contributed by atoms with van der Waals surface area (Å²) < 4.78 is 24.1. The number of hydrogen-bond donors (Lipinski definition) is 4. The molecule has 9 nitrogen and oxygen atoms in total. The highest BCUT2D eigenvalue weighted by Crippen LogP contribution is 2.38. The lowest BCUT2D eigenvalue weighted by molar-refractivity contribution is -0.280. The Morgan fingerprint density at radius 3 is 2.47 bits per heavy atom. The van der Waals surface area contributed by atoms with Crippen LogP contribution in [-0.4, -0.2) is 64.5 Å². The summed E-state index contributed by atoms with van der Waals surface area (Å²) in [6.45, 7) is 1.52. The van der Waals surface area contributed by atoms with Gasteiger partial charge in [0.25, 0.3) is 5.97 Å². The first-order valence-corrected chi connectivity index (χ1v) is 7.91. The maximum Gasteiger partial charge on any atom is 0.331 e. The van der Waals surface area contributed by atoms with Crippen LogP contribution in [0, 0.1) is 0 Å². The number of methoxy groups -OCH3 is 1. The van der Waals surface area contributed by atoms with Gasteiger partial charge < -0.3 is 29.4 Å². The van der Waals surface area contributed by atoms with Crippen LogP contribution in [0.4, 0.5) is 0 Å². The largest absolute Gasteiger partial charge is 0.385 e. The Balaban J connectivity index is 4.21. The van der Waals surface area contributed by atoms with E-state index < -0.39 is 22.8 Å². The lowest BCUT2D eigenvalue weighted by Gasteiger charge is -2.28. The Hall–Kier alpha value is 0.340. The molecule has 4 N–H and O–H groups in total. The van der Waals surface area contributed by atoms with E-state index in [1.54, 1.807) is 14.2 Å². The molecule has 2 atom stereocenters. The van der Waals surface area contributed by atoms with Crippen LogP contribution in [0.3, 0.4) is 0 Å². The summed E-state index contributed by atoms with van der Waals surface area (Å²) in [4.78, 5) is 27.8. The summed E-state index contributed by atoms with van der Waals surface area (Å²) in [7, 11) is -3.04. The van der Waals surface area contributed by atoms with Gasteiger partial charge in [0.2, 0.25) is 0 Å². The van der Waals surface area contributed by atoms with Gasteiger partial charge >= 0.3 is 16.9 Å². The highest BCUT2D eigenvalue weighted by molar-refractivity contribution is 7.39. The molecule has 19 heavy (non-hydrogen) atoms. The van der Waals surface area contributed by atoms with Gasteiger partial charge in [-0.1, -0.05) is 0 Å². The molecule has 0 bridgehead atoms. The summed E-state index contributed by atoms with van der Waals surface area (Å²) in [6.07, 6.45) is 0.559. The molecule has 0 spiro atoms. The van der Waals surface area contributed by atoms with Gasteiger partial charge in [-0.3, -0.25) is 13.6 Å². The van der Waals surface area contributed by atoms with Crippen molar-refractivity contribution in [2.45, 2.75) is 18.8 Å². The van der Waals surface area contributed by atoms with Crippen molar-refractivity contribution in [1.82, 2.24) is 4.90 Å². The smallest absolute Gasteiger partial charge is 0.331 e. The lowest BCUT2D eigenvalue weighted by Crippen LogP contribution is -2.36. The van der Waals surface area contributed by atoms with E-state index in [9.17, 15) is 9.67 Å². The van der Waals surface area contributed by atoms with E-state index in [1.807, 2.05) is 4.90 Å². The molecule has 11 heteroatoms. The average Bonchev–Trinajstić information content (AvgIpc) is 2.24. The van der Waals surface area contributed by atoms with Gasteiger partial charge in [-0.2, -0.15) is 0 Å². The minimum atomic E-state index is -3.48. The molecule has 0 aromatic heterocycles. The SMILES string of the molecule is COCCCN(C)CCC(O)(OP(O)O)O[PH](=O)O. The van der Waals surface area contributed by atoms with E-state index >= 15 is 0 Å². The molecule has 0 saturated heterocycles. The molecule has 116 valence electrons. The van der Waals surface area contributed by atoms with E-state index in [0.29, 0.717) is 13.2 Å². The normalized spacial score (nSPS) is 16.8. The molecule has 0 aliphatic heterocycles. The second-order valence-corrected chi connectivity index (χ2v) is 5.25. The first-order valence-electron chi connectivity index (χ1n) is 5.48. The van der Waals surface area contributed by atoms with E-state index in [1.165, 1.54) is 0 Å². The van der Waals surface area contributed by atoms with Crippen molar-refractivity contribution in [3.63, 3.8) is 0 Å². The Labute approximate surface area is 113 Å². The first-order chi connectivity index (χ1) is 8.79. The molecular weight excluding hydrogens is 300 g/mol. The molecule has 0 aliphatic rings. The molecule has 0 saturated carbocycles. The van der Waals surface area contributed by atoms with Crippen LogP contribution in [0.1, 0.15) is 12.8 Å². The number of hydrogen-bond acceptors (Lipinski definition) is 8. The van der Waals surface area contributed by atoms with Crippen LogP contribution in [0.2, 0.25) is 0 Å². The summed E-state index contributed by atoms with van der Waals surface area (Å²) in [6, 6.07) is 0. The number of ether oxygens (including phenoxy) is 1. The number of nitrogens with zero attached hydrogens (tertiary/aromatic N) is 1. The molecule has 0 amide bonds. The number of rotatable bonds is 11. The van der Waals surface area contributed by atoms with Crippen LogP contribution in [-0.2, 0) is 18.3 Å². The molecule has 0 radical (unpaired) electrons. The van der Waals surface area contributed by atoms with Gasteiger partial charge in [0.1, 0.15) is 0 Å². The summed E-state index contributed by atoms with van der Waals surface area (Å²) in [5.74, 6) is -2.49. The molecule has 2 unspecified atom stereocenters. The molecule has 0 aromatic rings. The minimum Gasteiger partial charge on any atom is -0.385 e. The fourth-order valence-corrected chi connectivity index (χ4v) is 2.17. The standard InChI is InChI=1S/C8H21NO8P2/c1-9(5-3-7-15-2)6-4-8(10,16-18(11)12)17-19(13)14/h10-12,19H,3-7H2,1-2H3,(H,13,14). The fraction of sp³-hybridized carbons (Fsp3) is 1.00. The van der Waals surface area contributed by atoms with E-state index in [-0.39, 0.29) is 13.0 Å². The van der Waals surface area contributed by atoms with Crippen LogP contribution in [0.25, 0.3) is 0 Å². The van der Waals surface area contributed by atoms with Crippen molar-refractivity contribution in [3.8, 4) is 0 Å². The summed E-state index contributed by atoms with van der Waals surface area (Å²) >= 11 is 0. The van der Waals surface area contributed by atoms with Gasteiger partial charge in [-0.15, -0.1) is 0 Å². The van der Waals surface area contributed by atoms with Crippen LogP contribution >= 0.6 is 16.9 Å². The van der Waals surface area contributed by atoms with E-state index in [4.69, 9.17) is 19.4 Å². The molecule has 0 aromatic carbocycles. The molecule has 0 heterocycles. The second-order valence-electron chi connectivity index (χ2n) is 3.82. The van der Waals surface area contributed by atoms with Gasteiger partial charge in [0, 0.05) is 33.2 Å². The summed E-state index contributed by atoms with van der Waals surface area (Å²) in [5.41, 5.74) is 0. The zero-order valence-electron chi connectivity index (χ0n) is 10.9. The predicted octanol–water partition coefficient (Wildman–Crippen LogP) is -0.382. The summed E-state index contributed by atoms with van der Waals surface area (Å²) in [5, 5.41) is 9.74. The Bertz CT molecular complexity index is 269. The van der Waals surface area contributed by atoms with Crippen LogP contribution in [0.15, 0.2) is 0 Å². The van der Waals surface area contributed by atoms with Gasteiger partial charge in [0.15, 0.2) is 0 Å². The van der Waals surface area contributed by atoms with Crippen molar-refractivity contribution >= 4 is 16.9 Å². The zero-order valence-corrected chi connectivity index (χ0v) is 12.7. The minimum absolute atomic E-state index is 0.215. The van der Waals surface area contributed by atoms with Crippen LogP contribution < -0.4 is 0 Å². The average molecular weight is 321 g/mol. The maximum absolute atomic E-state index is 10.6. The number of aliphatic hydroxyl groups is 1. The van der Waals surface area contributed by atoms with Gasteiger partial charge in [-0.05, 0) is 13.5 Å². The van der Waals surface area contributed by atoms with Crippen molar-refractivity contribution in [1.29, 1.82) is 0 Å². The quantitative estimate of drug-likeness (QED) is 0.228. The van der Waals surface area contributed by atoms with Gasteiger partial charge in [-0.25, -0.2) is 0 Å².